The molecule has 4 aliphatic rings. The third-order valence-electron chi connectivity index (χ3n) is 8.91. The zero-order chi connectivity index (χ0) is 22.6. The third kappa shape index (κ3) is 3.49. The van der Waals surface area contributed by atoms with E-state index in [9.17, 15) is 0 Å². The lowest BCUT2D eigenvalue weighted by Crippen LogP contribution is -2.39. The van der Waals surface area contributed by atoms with Gasteiger partial charge in [-0.1, -0.05) is 6.92 Å². The number of hydrogen-bond acceptors (Lipinski definition) is 5. The molecule has 5 nitrogen and oxygen atoms in total. The molecule has 0 amide bonds. The lowest BCUT2D eigenvalue weighted by atomic mass is 9.58. The first-order chi connectivity index (χ1) is 16.7. The second-order valence-corrected chi connectivity index (χ2v) is 11.9. The SMILES string of the molecule is CC1C2CCC(CC2)C1Cc1cc(-c2cc3c(s2)CCCC3)nc(-c2c[nH]c3ncncc23)n1. The molecule has 8 rings (SSSR count). The van der Waals surface area contributed by atoms with E-state index in [1.54, 1.807) is 11.2 Å². The second kappa shape index (κ2) is 8.26. The van der Waals surface area contributed by atoms with Crippen molar-refractivity contribution in [3.05, 3.63) is 47.0 Å². The zero-order valence-electron chi connectivity index (χ0n) is 19.8. The molecule has 0 spiro atoms. The largest absolute Gasteiger partial charge is 0.345 e. The fourth-order valence-electron chi connectivity index (χ4n) is 6.98. The Labute approximate surface area is 204 Å². The molecule has 0 radical (unpaired) electrons. The van der Waals surface area contributed by atoms with Crippen molar-refractivity contribution < 1.29 is 0 Å². The summed E-state index contributed by atoms with van der Waals surface area (Å²) in [4.78, 5) is 25.1. The fourth-order valence-corrected chi connectivity index (χ4v) is 8.20. The van der Waals surface area contributed by atoms with E-state index < -0.39 is 0 Å². The van der Waals surface area contributed by atoms with E-state index in [-0.39, 0.29) is 0 Å². The van der Waals surface area contributed by atoms with Gasteiger partial charge in [0.1, 0.15) is 12.0 Å². The number of thiophene rings is 1. The van der Waals surface area contributed by atoms with Crippen LogP contribution in [-0.4, -0.2) is 24.9 Å². The Morgan fingerprint density at radius 1 is 1.03 bits per heavy atom. The van der Waals surface area contributed by atoms with Crippen molar-refractivity contribution in [2.75, 3.05) is 0 Å². The van der Waals surface area contributed by atoms with Crippen LogP contribution in [0.15, 0.2) is 30.9 Å². The van der Waals surface area contributed by atoms with Crippen LogP contribution in [0.25, 0.3) is 33.0 Å². The number of fused-ring (bicyclic) bond motifs is 5. The molecule has 2 atom stereocenters. The molecule has 174 valence electrons. The van der Waals surface area contributed by atoms with E-state index in [1.165, 1.54) is 67.5 Å². The molecule has 2 bridgehead atoms. The summed E-state index contributed by atoms with van der Waals surface area (Å²) in [5.41, 5.74) is 5.65. The van der Waals surface area contributed by atoms with Crippen LogP contribution in [0.1, 0.15) is 61.6 Å². The highest BCUT2D eigenvalue weighted by atomic mass is 32.1. The van der Waals surface area contributed by atoms with Crippen molar-refractivity contribution >= 4 is 22.4 Å². The number of aryl methyl sites for hydroxylation is 2. The van der Waals surface area contributed by atoms with Crippen LogP contribution in [0.5, 0.6) is 0 Å². The topological polar surface area (TPSA) is 67.3 Å². The van der Waals surface area contributed by atoms with Crippen LogP contribution in [-0.2, 0) is 19.3 Å². The van der Waals surface area contributed by atoms with Crippen molar-refractivity contribution in [3.63, 3.8) is 0 Å². The summed E-state index contributed by atoms with van der Waals surface area (Å²) in [6, 6.07) is 4.69. The van der Waals surface area contributed by atoms with Gasteiger partial charge in [0.2, 0.25) is 0 Å². The molecule has 1 N–H and O–H groups in total. The Morgan fingerprint density at radius 2 is 1.88 bits per heavy atom. The van der Waals surface area contributed by atoms with E-state index in [1.807, 2.05) is 23.7 Å². The van der Waals surface area contributed by atoms with Gasteiger partial charge in [0, 0.05) is 33.9 Å². The highest BCUT2D eigenvalue weighted by Gasteiger charge is 2.41. The number of nitrogens with zero attached hydrogens (tertiary/aromatic N) is 4. The van der Waals surface area contributed by atoms with Gasteiger partial charge >= 0.3 is 0 Å². The molecule has 34 heavy (non-hydrogen) atoms. The Balaban J connectivity index is 1.33. The van der Waals surface area contributed by atoms with Crippen molar-refractivity contribution in [2.45, 2.75) is 64.7 Å². The number of hydrogen-bond donors (Lipinski definition) is 1. The van der Waals surface area contributed by atoms with Crippen LogP contribution in [0.3, 0.4) is 0 Å². The molecule has 4 heterocycles. The van der Waals surface area contributed by atoms with E-state index in [0.717, 1.165) is 58.2 Å². The summed E-state index contributed by atoms with van der Waals surface area (Å²) in [5.74, 6) is 4.10. The minimum Gasteiger partial charge on any atom is -0.345 e. The Kier molecular flexibility index (Phi) is 5.04. The predicted octanol–water partition coefficient (Wildman–Crippen LogP) is 6.64. The van der Waals surface area contributed by atoms with Gasteiger partial charge in [-0.2, -0.15) is 0 Å². The van der Waals surface area contributed by atoms with Crippen LogP contribution < -0.4 is 0 Å². The number of aromatic nitrogens is 5. The van der Waals surface area contributed by atoms with Crippen LogP contribution >= 0.6 is 11.3 Å². The number of H-pyrrole nitrogens is 1. The van der Waals surface area contributed by atoms with E-state index >= 15 is 0 Å². The normalized spacial score (nSPS) is 26.1. The maximum atomic E-state index is 5.16. The molecule has 3 saturated carbocycles. The third-order valence-corrected chi connectivity index (χ3v) is 10.2. The van der Waals surface area contributed by atoms with E-state index in [4.69, 9.17) is 9.97 Å². The second-order valence-electron chi connectivity index (χ2n) is 10.7. The van der Waals surface area contributed by atoms with Gasteiger partial charge in [-0.05, 0) is 99.2 Å². The van der Waals surface area contributed by atoms with Crippen molar-refractivity contribution in [1.82, 2.24) is 24.9 Å². The monoisotopic (exact) mass is 469 g/mol. The van der Waals surface area contributed by atoms with Crippen molar-refractivity contribution in [1.29, 1.82) is 0 Å². The van der Waals surface area contributed by atoms with Crippen molar-refractivity contribution in [3.8, 4) is 22.0 Å². The average Bonchev–Trinajstić information content (AvgIpc) is 3.51. The average molecular weight is 470 g/mol. The van der Waals surface area contributed by atoms with Gasteiger partial charge in [-0.15, -0.1) is 11.3 Å². The quantitative estimate of drug-likeness (QED) is 0.364. The summed E-state index contributed by atoms with van der Waals surface area (Å²) in [7, 11) is 0. The molecule has 0 saturated heterocycles. The minimum atomic E-state index is 0.742. The highest BCUT2D eigenvalue weighted by Crippen LogP contribution is 2.50. The van der Waals surface area contributed by atoms with E-state index in [2.05, 4.69) is 34.0 Å². The number of aromatic amines is 1. The van der Waals surface area contributed by atoms with Gasteiger partial charge in [0.25, 0.3) is 0 Å². The number of nitrogens with one attached hydrogen (secondary N) is 1. The molecule has 4 aliphatic carbocycles. The molecule has 4 aromatic rings. The summed E-state index contributed by atoms with van der Waals surface area (Å²) in [6.45, 7) is 2.49. The van der Waals surface area contributed by atoms with Crippen molar-refractivity contribution in [2.24, 2.45) is 23.7 Å². The first-order valence-electron chi connectivity index (χ1n) is 13.0. The molecule has 0 aliphatic heterocycles. The first kappa shape index (κ1) is 20.7. The lowest BCUT2D eigenvalue weighted by molar-refractivity contribution is 0.0339. The Hall–Kier alpha value is -2.60. The molecule has 2 unspecified atom stereocenters. The molecule has 6 heteroatoms. The summed E-state index contributed by atoms with van der Waals surface area (Å²) in [6.07, 6.45) is 17.2. The van der Waals surface area contributed by atoms with Gasteiger partial charge in [0.15, 0.2) is 5.82 Å². The van der Waals surface area contributed by atoms with Crippen LogP contribution in [0, 0.1) is 23.7 Å². The van der Waals surface area contributed by atoms with Gasteiger partial charge in [0.05, 0.1) is 10.6 Å². The standard InChI is InChI=1S/C28H31N5S/c1-16-17-6-8-18(9-7-17)21(16)11-20-12-24(26-10-19-4-2-3-5-25(19)34-26)33-28(32-20)23-14-30-27-22(23)13-29-15-31-27/h10,12-18,21H,2-9,11H2,1H3,(H,29,30,31). The Morgan fingerprint density at radius 3 is 2.74 bits per heavy atom. The molecular formula is C28H31N5S. The predicted molar refractivity (Wildman–Crippen MR) is 137 cm³/mol. The molecule has 4 aromatic heterocycles. The van der Waals surface area contributed by atoms with Gasteiger partial charge < -0.3 is 4.98 Å². The van der Waals surface area contributed by atoms with Crippen LogP contribution in [0.2, 0.25) is 0 Å². The van der Waals surface area contributed by atoms with E-state index in [0.29, 0.717) is 0 Å². The molecule has 0 aromatic carbocycles. The summed E-state index contributed by atoms with van der Waals surface area (Å²) in [5, 5.41) is 0.987. The smallest absolute Gasteiger partial charge is 0.162 e. The van der Waals surface area contributed by atoms with Crippen LogP contribution in [0.4, 0.5) is 0 Å². The number of rotatable bonds is 4. The summed E-state index contributed by atoms with van der Waals surface area (Å²) < 4.78 is 0. The Bertz CT molecular complexity index is 1320. The molecule has 3 fully saturated rings. The van der Waals surface area contributed by atoms with Gasteiger partial charge in [-0.3, -0.25) is 0 Å². The lowest BCUT2D eigenvalue weighted by Gasteiger charge is -2.47. The first-order valence-corrected chi connectivity index (χ1v) is 13.8. The summed E-state index contributed by atoms with van der Waals surface area (Å²) >= 11 is 1.94. The van der Waals surface area contributed by atoms with Gasteiger partial charge in [-0.25, -0.2) is 19.9 Å². The maximum absolute atomic E-state index is 5.16. The fraction of sp³-hybridized carbons (Fsp3) is 0.500. The molecular weight excluding hydrogens is 438 g/mol. The minimum absolute atomic E-state index is 0.742. The zero-order valence-corrected chi connectivity index (χ0v) is 20.6. The maximum Gasteiger partial charge on any atom is 0.162 e. The highest BCUT2D eigenvalue weighted by molar-refractivity contribution is 7.15.